The summed E-state index contributed by atoms with van der Waals surface area (Å²) >= 11 is 0. The van der Waals surface area contributed by atoms with E-state index in [-0.39, 0.29) is 41.2 Å². The summed E-state index contributed by atoms with van der Waals surface area (Å²) in [7, 11) is 0. The molecule has 218 valence electrons. The van der Waals surface area contributed by atoms with Crippen LogP contribution in [0.25, 0.3) is 0 Å². The average Bonchev–Trinajstić information content (AvgIpc) is 3.05. The lowest BCUT2D eigenvalue weighted by Gasteiger charge is -2.41. The van der Waals surface area contributed by atoms with Gasteiger partial charge in [0.2, 0.25) is 5.78 Å². The predicted molar refractivity (Wildman–Crippen MR) is 141 cm³/mol. The van der Waals surface area contributed by atoms with Crippen molar-refractivity contribution in [3.05, 3.63) is 82.0 Å². The van der Waals surface area contributed by atoms with Crippen LogP contribution in [-0.4, -0.2) is 69.6 Å². The predicted octanol–water partition coefficient (Wildman–Crippen LogP) is 2.94. The molecule has 0 bridgehead atoms. The van der Waals surface area contributed by atoms with Crippen LogP contribution in [0, 0.1) is 17.8 Å². The summed E-state index contributed by atoms with van der Waals surface area (Å²) in [6, 6.07) is 4.12. The van der Waals surface area contributed by atoms with E-state index >= 15 is 0 Å². The van der Waals surface area contributed by atoms with Gasteiger partial charge in [-0.1, -0.05) is 6.08 Å². The van der Waals surface area contributed by atoms with Crippen LogP contribution in [-0.2, 0) is 16.0 Å². The molecule has 2 unspecified atom stereocenters. The summed E-state index contributed by atoms with van der Waals surface area (Å²) in [6.45, 7) is 0. The molecule has 2 aromatic rings. The van der Waals surface area contributed by atoms with Gasteiger partial charge < -0.3 is 50.7 Å². The highest BCUT2D eigenvalue weighted by atomic mass is 16.5. The second kappa shape index (κ2) is 10.1. The van der Waals surface area contributed by atoms with E-state index in [1.807, 2.05) is 0 Å². The molecule has 42 heavy (non-hydrogen) atoms. The summed E-state index contributed by atoms with van der Waals surface area (Å²) < 4.78 is 6.14. The number of aromatic hydroxyl groups is 5. The van der Waals surface area contributed by atoms with Crippen molar-refractivity contribution < 1.29 is 65.1 Å². The molecular formula is C29H24O13. The summed E-state index contributed by atoms with van der Waals surface area (Å²) in [4.78, 5) is 38.1. The van der Waals surface area contributed by atoms with Gasteiger partial charge >= 0.3 is 5.97 Å². The van der Waals surface area contributed by atoms with Gasteiger partial charge in [0.25, 0.3) is 0 Å². The minimum absolute atomic E-state index is 0.00213. The Kier molecular flexibility index (Phi) is 6.73. The molecule has 13 nitrogen and oxygen atoms in total. The van der Waals surface area contributed by atoms with Gasteiger partial charge in [0.05, 0.1) is 11.1 Å². The van der Waals surface area contributed by atoms with Crippen LogP contribution in [0.4, 0.5) is 0 Å². The van der Waals surface area contributed by atoms with Crippen molar-refractivity contribution in [2.75, 3.05) is 0 Å². The number of fused-ring (bicyclic) bond motifs is 2. The number of aliphatic hydroxyl groups is 3. The first-order valence-electron chi connectivity index (χ1n) is 12.5. The van der Waals surface area contributed by atoms with Crippen molar-refractivity contribution in [3.8, 4) is 34.5 Å². The molecule has 13 heteroatoms. The van der Waals surface area contributed by atoms with E-state index in [0.29, 0.717) is 0 Å². The molecule has 2 aromatic carbocycles. The number of phenolic OH excluding ortho intramolecular Hbond substituents is 5. The number of ketones is 2. The van der Waals surface area contributed by atoms with E-state index in [1.165, 1.54) is 6.07 Å². The van der Waals surface area contributed by atoms with Crippen LogP contribution < -0.4 is 4.74 Å². The van der Waals surface area contributed by atoms with Crippen LogP contribution in [0.2, 0.25) is 0 Å². The number of allylic oxidation sites excluding steroid dienone is 2. The van der Waals surface area contributed by atoms with Crippen molar-refractivity contribution >= 4 is 17.5 Å². The topological polar surface area (TPSA) is 243 Å². The molecule has 1 heterocycles. The number of benzene rings is 2. The molecule has 4 atom stereocenters. The minimum Gasteiger partial charge on any atom is -0.508 e. The fraction of sp³-hybridized carbons (Fsp3) is 0.207. The summed E-state index contributed by atoms with van der Waals surface area (Å²) in [5.74, 6) is -12.3. The number of phenols is 5. The Labute approximate surface area is 236 Å². The smallest absolute Gasteiger partial charge is 0.335 e. The lowest BCUT2D eigenvalue weighted by Crippen LogP contribution is -2.45. The number of aliphatic hydroxyl groups excluding tert-OH is 3. The van der Waals surface area contributed by atoms with E-state index < -0.39 is 87.1 Å². The summed E-state index contributed by atoms with van der Waals surface area (Å²) in [6.07, 6.45) is 1.28. The maximum absolute atomic E-state index is 13.3. The molecule has 2 aliphatic carbocycles. The minimum atomic E-state index is -1.50. The molecule has 3 aliphatic rings. The van der Waals surface area contributed by atoms with E-state index in [0.717, 1.165) is 36.4 Å². The molecule has 0 saturated carbocycles. The van der Waals surface area contributed by atoms with Crippen LogP contribution in [0.1, 0.15) is 22.3 Å². The second-order valence-electron chi connectivity index (χ2n) is 10.2. The average molecular weight is 580 g/mol. The van der Waals surface area contributed by atoms with Gasteiger partial charge in [0.15, 0.2) is 40.3 Å². The highest BCUT2D eigenvalue weighted by molar-refractivity contribution is 6.09. The fourth-order valence-corrected chi connectivity index (χ4v) is 5.58. The monoisotopic (exact) mass is 580 g/mol. The molecule has 1 aliphatic heterocycles. The van der Waals surface area contributed by atoms with Gasteiger partial charge in [0, 0.05) is 47.4 Å². The van der Waals surface area contributed by atoms with Gasteiger partial charge in [-0.05, 0) is 30.7 Å². The zero-order chi connectivity index (χ0) is 30.6. The molecule has 0 amide bonds. The van der Waals surface area contributed by atoms with Crippen molar-refractivity contribution in [1.29, 1.82) is 0 Å². The van der Waals surface area contributed by atoms with Crippen molar-refractivity contribution in [2.45, 2.75) is 18.9 Å². The zero-order valence-electron chi connectivity index (χ0n) is 21.4. The number of aliphatic carboxylic acids is 1. The zero-order valence-corrected chi connectivity index (χ0v) is 21.4. The van der Waals surface area contributed by atoms with Crippen LogP contribution in [0.3, 0.4) is 0 Å². The lowest BCUT2D eigenvalue weighted by atomic mass is 9.69. The third-order valence-corrected chi connectivity index (χ3v) is 7.55. The number of hydrogen-bond acceptors (Lipinski definition) is 12. The summed E-state index contributed by atoms with van der Waals surface area (Å²) in [5, 5.41) is 91.1. The largest absolute Gasteiger partial charge is 0.508 e. The van der Waals surface area contributed by atoms with Crippen LogP contribution >= 0.6 is 0 Å². The third-order valence-electron chi connectivity index (χ3n) is 7.55. The van der Waals surface area contributed by atoms with Gasteiger partial charge in [-0.2, -0.15) is 0 Å². The van der Waals surface area contributed by atoms with Gasteiger partial charge in [-0.25, -0.2) is 4.79 Å². The number of hydrogen-bond donors (Lipinski definition) is 9. The SMILES string of the molecule is O=C(O)C1=CC2C(=C(O)C(O)=C1)C(=O)C(O)=CC2[C@H]1Oc2cc(O)cc(O)c2C[C@H]1CC(=O)c1cc(O)c(O)c(O)c1. The molecule has 0 spiro atoms. The number of carbonyl (C=O) groups excluding carboxylic acids is 2. The van der Waals surface area contributed by atoms with E-state index in [4.69, 9.17) is 4.74 Å². The number of Topliss-reactive ketones (excluding diaryl/α,β-unsaturated/α-hetero) is 2. The Balaban J connectivity index is 1.64. The van der Waals surface area contributed by atoms with Crippen molar-refractivity contribution in [3.63, 3.8) is 0 Å². The molecule has 0 aromatic heterocycles. The Morgan fingerprint density at radius 1 is 0.857 bits per heavy atom. The first kappa shape index (κ1) is 28.0. The quantitative estimate of drug-likeness (QED) is 0.183. The fourth-order valence-electron chi connectivity index (χ4n) is 5.58. The van der Waals surface area contributed by atoms with Gasteiger partial charge in [0.1, 0.15) is 23.4 Å². The van der Waals surface area contributed by atoms with E-state index in [1.54, 1.807) is 0 Å². The number of carbonyl (C=O) groups is 3. The number of rotatable bonds is 5. The molecule has 9 N–H and O–H groups in total. The first-order chi connectivity index (χ1) is 19.8. The normalized spacial score (nSPS) is 23.4. The van der Waals surface area contributed by atoms with Crippen LogP contribution in [0.5, 0.6) is 34.5 Å². The van der Waals surface area contributed by atoms with Crippen LogP contribution in [0.15, 0.2) is 70.9 Å². The standard InChI is InChI=1S/C29H24O13/c30-13-7-18(32)16-1-11(5-17(31)10-3-19(33)25(37)20(34)4-10)28(42-23(16)8-13)15-9-22(36)27(39)24-14(15)2-12(29(40)41)6-21(35)26(24)38/h2-4,6-9,11,14-15,28,30,32-38H,1,5H2,(H,40,41)/t11-,14?,15?,28-/m0/s1. The van der Waals surface area contributed by atoms with Crippen molar-refractivity contribution in [2.24, 2.45) is 17.8 Å². The Hall–Kier alpha value is -5.59. The molecule has 0 radical (unpaired) electrons. The molecular weight excluding hydrogens is 556 g/mol. The van der Waals surface area contributed by atoms with Crippen molar-refractivity contribution in [1.82, 2.24) is 0 Å². The molecule has 5 rings (SSSR count). The lowest BCUT2D eigenvalue weighted by molar-refractivity contribution is -0.132. The van der Waals surface area contributed by atoms with E-state index in [2.05, 4.69) is 0 Å². The second-order valence-corrected chi connectivity index (χ2v) is 10.2. The highest BCUT2D eigenvalue weighted by Gasteiger charge is 2.47. The highest BCUT2D eigenvalue weighted by Crippen LogP contribution is 2.47. The van der Waals surface area contributed by atoms with E-state index in [9.17, 15) is 60.3 Å². The third kappa shape index (κ3) is 4.70. The summed E-state index contributed by atoms with van der Waals surface area (Å²) in [5.41, 5.74) is -0.981. The number of ether oxygens (including phenoxy) is 1. The molecule has 0 saturated heterocycles. The number of carboxylic acids is 1. The Morgan fingerprint density at radius 2 is 1.52 bits per heavy atom. The maximum Gasteiger partial charge on any atom is 0.335 e. The Morgan fingerprint density at radius 3 is 2.17 bits per heavy atom. The van der Waals surface area contributed by atoms with Gasteiger partial charge in [-0.15, -0.1) is 0 Å². The van der Waals surface area contributed by atoms with Gasteiger partial charge in [-0.3, -0.25) is 9.59 Å². The number of carboxylic acid groups (broad SMARTS) is 1. The maximum atomic E-state index is 13.3. The molecule has 0 fully saturated rings. The first-order valence-corrected chi connectivity index (χ1v) is 12.5. The Bertz CT molecular complexity index is 1650.